The second kappa shape index (κ2) is 6.42. The molecule has 1 N–H and O–H groups in total. The van der Waals surface area contributed by atoms with Crippen molar-refractivity contribution in [3.63, 3.8) is 0 Å². The van der Waals surface area contributed by atoms with Gasteiger partial charge in [0.25, 0.3) is 0 Å². The predicted octanol–water partition coefficient (Wildman–Crippen LogP) is 3.16. The summed E-state index contributed by atoms with van der Waals surface area (Å²) in [6.45, 7) is 12.9. The van der Waals surface area contributed by atoms with E-state index in [0.717, 1.165) is 30.2 Å². The van der Waals surface area contributed by atoms with Crippen LogP contribution in [0.3, 0.4) is 0 Å². The van der Waals surface area contributed by atoms with Gasteiger partial charge in [-0.05, 0) is 43.7 Å². The van der Waals surface area contributed by atoms with Gasteiger partial charge in [0.2, 0.25) is 0 Å². The minimum absolute atomic E-state index is 0.812. The molecule has 0 aromatic carbocycles. The highest BCUT2D eigenvalue weighted by atomic mass is 14.8. The third-order valence-corrected chi connectivity index (χ3v) is 3.63. The Morgan fingerprint density at radius 3 is 1.85 bits per heavy atom. The van der Waals surface area contributed by atoms with Crippen molar-refractivity contribution in [1.29, 1.82) is 0 Å². The fourth-order valence-electron chi connectivity index (χ4n) is 1.76. The molecule has 3 atom stereocenters. The smallest absolute Gasteiger partial charge is 0.00493 e. The van der Waals surface area contributed by atoms with E-state index in [4.69, 9.17) is 0 Å². The van der Waals surface area contributed by atoms with E-state index in [0.29, 0.717) is 0 Å². The average Bonchev–Trinajstić information content (AvgIpc) is 2.11. The lowest BCUT2D eigenvalue weighted by Gasteiger charge is -2.28. The first-order valence-electron chi connectivity index (χ1n) is 5.65. The molecule has 13 heavy (non-hydrogen) atoms. The van der Waals surface area contributed by atoms with Crippen LogP contribution in [0.4, 0.5) is 0 Å². The van der Waals surface area contributed by atoms with Crippen molar-refractivity contribution in [3.05, 3.63) is 0 Å². The maximum Gasteiger partial charge on any atom is -0.00493 e. The molecule has 80 valence electrons. The number of hydrogen-bond donors (Lipinski definition) is 1. The fourth-order valence-corrected chi connectivity index (χ4v) is 1.76. The molecule has 3 unspecified atom stereocenters. The lowest BCUT2D eigenvalue weighted by molar-refractivity contribution is 0.214. The summed E-state index contributed by atoms with van der Waals surface area (Å²) < 4.78 is 0. The lowest BCUT2D eigenvalue weighted by Crippen LogP contribution is -2.23. The summed E-state index contributed by atoms with van der Waals surface area (Å²) in [7, 11) is 2.03. The zero-order chi connectivity index (χ0) is 10.4. The first kappa shape index (κ1) is 13.0. The number of hydrogen-bond acceptors (Lipinski definition) is 1. The summed E-state index contributed by atoms with van der Waals surface area (Å²) in [6, 6.07) is 0. The molecule has 0 saturated heterocycles. The van der Waals surface area contributed by atoms with Gasteiger partial charge in [0.05, 0.1) is 0 Å². The number of nitrogens with one attached hydrogen (secondary N) is 1. The van der Waals surface area contributed by atoms with E-state index in [1.165, 1.54) is 6.42 Å². The zero-order valence-electron chi connectivity index (χ0n) is 10.2. The zero-order valence-corrected chi connectivity index (χ0v) is 10.2. The van der Waals surface area contributed by atoms with Crippen molar-refractivity contribution in [2.45, 2.75) is 41.0 Å². The van der Waals surface area contributed by atoms with Crippen molar-refractivity contribution >= 4 is 0 Å². The Hall–Kier alpha value is -0.0400. The first-order chi connectivity index (χ1) is 6.00. The monoisotopic (exact) mass is 185 g/mol. The van der Waals surface area contributed by atoms with Crippen molar-refractivity contribution in [2.75, 3.05) is 13.6 Å². The minimum Gasteiger partial charge on any atom is -0.320 e. The fraction of sp³-hybridized carbons (Fsp3) is 1.00. The summed E-state index contributed by atoms with van der Waals surface area (Å²) in [5.41, 5.74) is 0. The Morgan fingerprint density at radius 1 is 0.923 bits per heavy atom. The molecule has 0 aliphatic rings. The Bertz CT molecular complexity index is 120. The molecular weight excluding hydrogens is 158 g/mol. The van der Waals surface area contributed by atoms with Crippen molar-refractivity contribution in [3.8, 4) is 0 Å². The van der Waals surface area contributed by atoms with Crippen LogP contribution in [-0.4, -0.2) is 13.6 Å². The topological polar surface area (TPSA) is 12.0 Å². The van der Waals surface area contributed by atoms with Crippen LogP contribution in [-0.2, 0) is 0 Å². The van der Waals surface area contributed by atoms with Gasteiger partial charge in [-0.15, -0.1) is 0 Å². The van der Waals surface area contributed by atoms with Crippen LogP contribution >= 0.6 is 0 Å². The first-order valence-corrected chi connectivity index (χ1v) is 5.65. The van der Waals surface area contributed by atoms with E-state index in [1.807, 2.05) is 7.05 Å². The predicted molar refractivity (Wildman–Crippen MR) is 60.9 cm³/mol. The van der Waals surface area contributed by atoms with E-state index in [9.17, 15) is 0 Å². The second-order valence-electron chi connectivity index (χ2n) is 4.83. The molecule has 0 bridgehead atoms. The summed E-state index contributed by atoms with van der Waals surface area (Å²) in [6.07, 6.45) is 1.30. The Labute approximate surface area is 84.3 Å². The SMILES string of the molecule is CNCCC(C)C(C)C(C)C(C)C. The second-order valence-corrected chi connectivity index (χ2v) is 4.83. The van der Waals surface area contributed by atoms with Gasteiger partial charge in [-0.25, -0.2) is 0 Å². The highest BCUT2D eigenvalue weighted by Gasteiger charge is 2.20. The molecule has 1 heteroatoms. The minimum atomic E-state index is 0.812. The maximum absolute atomic E-state index is 3.22. The van der Waals surface area contributed by atoms with Crippen molar-refractivity contribution in [2.24, 2.45) is 23.7 Å². The molecular formula is C12H27N. The van der Waals surface area contributed by atoms with Crippen LogP contribution in [0.25, 0.3) is 0 Å². The normalized spacial score (nSPS) is 18.7. The highest BCUT2D eigenvalue weighted by molar-refractivity contribution is 4.70. The molecule has 0 spiro atoms. The molecule has 0 amide bonds. The van der Waals surface area contributed by atoms with E-state index in [1.54, 1.807) is 0 Å². The van der Waals surface area contributed by atoms with Crippen LogP contribution < -0.4 is 5.32 Å². The van der Waals surface area contributed by atoms with Crippen LogP contribution in [0, 0.1) is 23.7 Å². The summed E-state index contributed by atoms with van der Waals surface area (Å²) in [5.74, 6) is 3.33. The summed E-state index contributed by atoms with van der Waals surface area (Å²) in [4.78, 5) is 0. The third kappa shape index (κ3) is 4.66. The largest absolute Gasteiger partial charge is 0.320 e. The third-order valence-electron chi connectivity index (χ3n) is 3.63. The van der Waals surface area contributed by atoms with Crippen molar-refractivity contribution in [1.82, 2.24) is 5.32 Å². The highest BCUT2D eigenvalue weighted by Crippen LogP contribution is 2.27. The van der Waals surface area contributed by atoms with Gasteiger partial charge in [-0.3, -0.25) is 0 Å². The summed E-state index contributed by atoms with van der Waals surface area (Å²) in [5, 5.41) is 3.22. The van der Waals surface area contributed by atoms with E-state index < -0.39 is 0 Å². The van der Waals surface area contributed by atoms with Crippen molar-refractivity contribution < 1.29 is 0 Å². The van der Waals surface area contributed by atoms with Crippen LogP contribution in [0.2, 0.25) is 0 Å². The molecule has 0 rings (SSSR count). The van der Waals surface area contributed by atoms with Crippen LogP contribution in [0.5, 0.6) is 0 Å². The Kier molecular flexibility index (Phi) is 6.40. The van der Waals surface area contributed by atoms with Crippen LogP contribution in [0.1, 0.15) is 41.0 Å². The van der Waals surface area contributed by atoms with E-state index in [2.05, 4.69) is 39.9 Å². The Balaban J connectivity index is 3.86. The number of rotatable bonds is 6. The molecule has 1 nitrogen and oxygen atoms in total. The molecule has 0 saturated carbocycles. The lowest BCUT2D eigenvalue weighted by atomic mass is 9.78. The van der Waals surface area contributed by atoms with Gasteiger partial charge in [-0.1, -0.05) is 34.6 Å². The van der Waals surface area contributed by atoms with Gasteiger partial charge in [0.15, 0.2) is 0 Å². The molecule has 0 radical (unpaired) electrons. The molecule has 0 aliphatic carbocycles. The molecule has 0 fully saturated rings. The van der Waals surface area contributed by atoms with Gasteiger partial charge >= 0.3 is 0 Å². The standard InChI is InChI=1S/C12H27N/c1-9(2)11(4)12(5)10(3)7-8-13-6/h9-13H,7-8H2,1-6H3. The van der Waals surface area contributed by atoms with Gasteiger partial charge in [0.1, 0.15) is 0 Å². The molecule has 0 heterocycles. The van der Waals surface area contributed by atoms with Gasteiger partial charge in [-0.2, -0.15) is 0 Å². The van der Waals surface area contributed by atoms with E-state index >= 15 is 0 Å². The Morgan fingerprint density at radius 2 is 1.46 bits per heavy atom. The molecule has 0 aromatic rings. The summed E-state index contributed by atoms with van der Waals surface area (Å²) >= 11 is 0. The van der Waals surface area contributed by atoms with Crippen LogP contribution in [0.15, 0.2) is 0 Å². The molecule has 0 aromatic heterocycles. The quantitative estimate of drug-likeness (QED) is 0.670. The molecule has 0 aliphatic heterocycles. The van der Waals surface area contributed by atoms with Gasteiger partial charge in [0, 0.05) is 0 Å². The average molecular weight is 185 g/mol. The van der Waals surface area contributed by atoms with E-state index in [-0.39, 0.29) is 0 Å². The maximum atomic E-state index is 3.22. The van der Waals surface area contributed by atoms with Gasteiger partial charge < -0.3 is 5.32 Å².